The summed E-state index contributed by atoms with van der Waals surface area (Å²) in [5.41, 5.74) is 0.851. The minimum absolute atomic E-state index is 0.00977. The SMILES string of the molecule is CCOc1cc([C@@H]2CN(C)[C@@]3(C(=O)Nc4ccccc43)[C@@H]2[N+](=O)[O-])ccc1OCc1ccccc1F. The molecule has 186 valence electrons. The zero-order valence-electron chi connectivity index (χ0n) is 19.9. The van der Waals surface area contributed by atoms with E-state index in [1.807, 2.05) is 6.92 Å². The number of nitrogens with one attached hydrogen (secondary N) is 1. The average molecular weight is 492 g/mol. The second-order valence-corrected chi connectivity index (χ2v) is 9.00. The van der Waals surface area contributed by atoms with E-state index >= 15 is 0 Å². The molecule has 0 saturated carbocycles. The van der Waals surface area contributed by atoms with Crippen LogP contribution in [-0.2, 0) is 16.9 Å². The molecule has 1 fully saturated rings. The number of ether oxygens (including phenoxy) is 2. The van der Waals surface area contributed by atoms with Gasteiger partial charge in [-0.1, -0.05) is 42.5 Å². The Hall–Kier alpha value is -3.98. The largest absolute Gasteiger partial charge is 0.490 e. The number of para-hydroxylation sites is 1. The Balaban J connectivity index is 1.51. The Morgan fingerprint density at radius 1 is 1.11 bits per heavy atom. The van der Waals surface area contributed by atoms with Gasteiger partial charge in [-0.05, 0) is 43.8 Å². The molecule has 0 radical (unpaired) electrons. The Morgan fingerprint density at radius 3 is 2.61 bits per heavy atom. The molecule has 0 bridgehead atoms. The van der Waals surface area contributed by atoms with E-state index in [9.17, 15) is 19.3 Å². The number of amides is 1. The van der Waals surface area contributed by atoms with Crippen molar-refractivity contribution in [2.45, 2.75) is 31.0 Å². The molecule has 1 spiro atoms. The number of carbonyl (C=O) groups is 1. The van der Waals surface area contributed by atoms with Crippen molar-refractivity contribution in [3.05, 3.63) is 99.4 Å². The van der Waals surface area contributed by atoms with Gasteiger partial charge in [0.05, 0.1) is 12.5 Å². The van der Waals surface area contributed by atoms with E-state index in [4.69, 9.17) is 9.47 Å². The molecule has 36 heavy (non-hydrogen) atoms. The molecule has 2 aliphatic heterocycles. The third-order valence-corrected chi connectivity index (χ3v) is 7.08. The normalized spacial score (nSPS) is 22.9. The van der Waals surface area contributed by atoms with Crippen molar-refractivity contribution in [3.8, 4) is 11.5 Å². The number of likely N-dealkylation sites (tertiary alicyclic amines) is 1. The Labute approximate surface area is 207 Å². The number of carbonyl (C=O) groups excluding carboxylic acids is 1. The highest BCUT2D eigenvalue weighted by molar-refractivity contribution is 6.06. The van der Waals surface area contributed by atoms with Crippen molar-refractivity contribution in [1.29, 1.82) is 0 Å². The lowest BCUT2D eigenvalue weighted by atomic mass is 9.79. The van der Waals surface area contributed by atoms with Gasteiger partial charge in [0.25, 0.3) is 11.9 Å². The van der Waals surface area contributed by atoms with Gasteiger partial charge >= 0.3 is 0 Å². The van der Waals surface area contributed by atoms with E-state index in [1.54, 1.807) is 72.6 Å². The molecule has 1 saturated heterocycles. The summed E-state index contributed by atoms with van der Waals surface area (Å²) in [5, 5.41) is 15.4. The second kappa shape index (κ2) is 9.23. The van der Waals surface area contributed by atoms with Gasteiger partial charge in [0.2, 0.25) is 0 Å². The summed E-state index contributed by atoms with van der Waals surface area (Å²) in [6, 6.07) is 17.4. The molecular weight excluding hydrogens is 465 g/mol. The van der Waals surface area contributed by atoms with Crippen LogP contribution in [0.1, 0.15) is 29.5 Å². The third kappa shape index (κ3) is 3.67. The molecule has 1 N–H and O–H groups in total. The van der Waals surface area contributed by atoms with Crippen molar-refractivity contribution >= 4 is 11.6 Å². The summed E-state index contributed by atoms with van der Waals surface area (Å²) in [6.07, 6.45) is 0. The highest BCUT2D eigenvalue weighted by atomic mass is 19.1. The third-order valence-electron chi connectivity index (χ3n) is 7.08. The van der Waals surface area contributed by atoms with Crippen molar-refractivity contribution < 1.29 is 23.6 Å². The summed E-state index contributed by atoms with van der Waals surface area (Å²) < 4.78 is 25.7. The number of hydrogen-bond donors (Lipinski definition) is 1. The lowest BCUT2D eigenvalue weighted by molar-refractivity contribution is -0.534. The molecule has 9 heteroatoms. The standard InChI is InChI=1S/C27H26FN3O5/c1-3-35-24-14-17(12-13-23(24)36-16-18-8-4-6-10-21(18)28)19-15-30(2)27(25(19)31(33)34)20-9-5-7-11-22(20)29-26(27)32/h4-14,19,25H,3,15-16H2,1-2H3,(H,29,32)/t19-,25+,27+/m0/s1. The fraction of sp³-hybridized carbons (Fsp3) is 0.296. The molecule has 3 aromatic rings. The number of fused-ring (bicyclic) bond motifs is 2. The number of rotatable bonds is 7. The molecule has 3 aromatic carbocycles. The predicted molar refractivity (Wildman–Crippen MR) is 131 cm³/mol. The van der Waals surface area contributed by atoms with Crippen LogP contribution in [0.15, 0.2) is 66.7 Å². The molecular formula is C27H26FN3O5. The number of nitrogens with zero attached hydrogens (tertiary/aromatic N) is 2. The zero-order valence-corrected chi connectivity index (χ0v) is 19.9. The Bertz CT molecular complexity index is 1330. The predicted octanol–water partition coefficient (Wildman–Crippen LogP) is 4.33. The summed E-state index contributed by atoms with van der Waals surface area (Å²) >= 11 is 0. The fourth-order valence-electron chi connectivity index (χ4n) is 5.49. The maximum Gasteiger partial charge on any atom is 0.256 e. The van der Waals surface area contributed by atoms with Crippen molar-refractivity contribution in [1.82, 2.24) is 4.90 Å². The van der Waals surface area contributed by atoms with Crippen molar-refractivity contribution in [2.75, 3.05) is 25.5 Å². The Kier molecular flexibility index (Phi) is 6.09. The molecule has 5 rings (SSSR count). The molecule has 3 atom stereocenters. The van der Waals surface area contributed by atoms with E-state index in [1.165, 1.54) is 6.07 Å². The van der Waals surface area contributed by atoms with Crippen LogP contribution in [0.25, 0.3) is 0 Å². The van der Waals surface area contributed by atoms with Crippen LogP contribution in [0.3, 0.4) is 0 Å². The van der Waals surface area contributed by atoms with Gasteiger partial charge in [0.1, 0.15) is 12.4 Å². The van der Waals surface area contributed by atoms with Crippen molar-refractivity contribution in [2.24, 2.45) is 0 Å². The first-order valence-corrected chi connectivity index (χ1v) is 11.8. The van der Waals surface area contributed by atoms with Crippen LogP contribution in [-0.4, -0.2) is 42.0 Å². The van der Waals surface area contributed by atoms with E-state index < -0.39 is 23.4 Å². The van der Waals surface area contributed by atoms with E-state index in [0.29, 0.717) is 47.0 Å². The zero-order chi connectivity index (χ0) is 25.4. The van der Waals surface area contributed by atoms with Gasteiger partial charge < -0.3 is 14.8 Å². The number of halogens is 1. The van der Waals surface area contributed by atoms with E-state index in [0.717, 1.165) is 0 Å². The average Bonchev–Trinajstić information content (AvgIpc) is 3.34. The monoisotopic (exact) mass is 491 g/mol. The second-order valence-electron chi connectivity index (χ2n) is 9.00. The number of likely N-dealkylation sites (N-methyl/N-ethyl adjacent to an activating group) is 1. The number of anilines is 1. The summed E-state index contributed by atoms with van der Waals surface area (Å²) in [7, 11) is 1.74. The first-order valence-electron chi connectivity index (χ1n) is 11.8. The molecule has 8 nitrogen and oxygen atoms in total. The smallest absolute Gasteiger partial charge is 0.256 e. The maximum absolute atomic E-state index is 14.0. The number of hydrogen-bond acceptors (Lipinski definition) is 6. The molecule has 0 unspecified atom stereocenters. The van der Waals surface area contributed by atoms with Gasteiger partial charge in [-0.25, -0.2) is 4.39 Å². The lowest BCUT2D eigenvalue weighted by Crippen LogP contribution is -2.54. The number of benzene rings is 3. The van der Waals surface area contributed by atoms with Gasteiger partial charge in [-0.15, -0.1) is 0 Å². The van der Waals surface area contributed by atoms with E-state index in [-0.39, 0.29) is 17.3 Å². The van der Waals surface area contributed by atoms with Crippen LogP contribution in [0.4, 0.5) is 10.1 Å². The van der Waals surface area contributed by atoms with Gasteiger partial charge in [0.15, 0.2) is 17.0 Å². The minimum Gasteiger partial charge on any atom is -0.490 e. The van der Waals surface area contributed by atoms with Gasteiger partial charge in [0, 0.05) is 28.3 Å². The fourth-order valence-corrected chi connectivity index (χ4v) is 5.49. The summed E-state index contributed by atoms with van der Waals surface area (Å²) in [5.74, 6) is -0.526. The molecule has 2 aliphatic rings. The highest BCUT2D eigenvalue weighted by Crippen LogP contribution is 2.52. The van der Waals surface area contributed by atoms with Gasteiger partial charge in [-0.2, -0.15) is 0 Å². The van der Waals surface area contributed by atoms with Crippen molar-refractivity contribution in [3.63, 3.8) is 0 Å². The summed E-state index contributed by atoms with van der Waals surface area (Å²) in [6.45, 7) is 2.48. The van der Waals surface area contributed by atoms with Crippen LogP contribution in [0, 0.1) is 15.9 Å². The molecule has 0 aromatic heterocycles. The molecule has 1 amide bonds. The quantitative estimate of drug-likeness (QED) is 0.391. The van der Waals surface area contributed by atoms with Crippen LogP contribution in [0.2, 0.25) is 0 Å². The maximum atomic E-state index is 14.0. The Morgan fingerprint density at radius 2 is 1.86 bits per heavy atom. The molecule has 0 aliphatic carbocycles. The molecule has 2 heterocycles. The highest BCUT2D eigenvalue weighted by Gasteiger charge is 2.68. The van der Waals surface area contributed by atoms with E-state index in [2.05, 4.69) is 5.32 Å². The van der Waals surface area contributed by atoms with Crippen LogP contribution in [0.5, 0.6) is 11.5 Å². The summed E-state index contributed by atoms with van der Waals surface area (Å²) in [4.78, 5) is 27.2. The first kappa shape index (κ1) is 23.7. The number of nitro groups is 1. The van der Waals surface area contributed by atoms with Gasteiger partial charge in [-0.3, -0.25) is 19.8 Å². The van der Waals surface area contributed by atoms with Crippen LogP contribution >= 0.6 is 0 Å². The minimum atomic E-state index is -1.42. The van der Waals surface area contributed by atoms with Crippen LogP contribution < -0.4 is 14.8 Å². The topological polar surface area (TPSA) is 93.9 Å². The lowest BCUT2D eigenvalue weighted by Gasteiger charge is -2.30. The first-order chi connectivity index (χ1) is 17.4.